The van der Waals surface area contributed by atoms with Crippen LogP contribution in [-0.4, -0.2) is 6.21 Å². The van der Waals surface area contributed by atoms with E-state index >= 15 is 0 Å². The van der Waals surface area contributed by atoms with E-state index in [1.165, 1.54) is 36.1 Å². The summed E-state index contributed by atoms with van der Waals surface area (Å²) in [5.74, 6) is 0. The van der Waals surface area contributed by atoms with Crippen molar-refractivity contribution in [2.24, 2.45) is 4.99 Å². The molecule has 0 fully saturated rings. The standard InChI is InChI=1S/C21H20N2/c1-2-8-16(9-3-1)15-22-20-12-6-7-13-21-18(20)14-17-10-4-5-11-19(17)23-21/h1-3,6-9,12-15,23H,4-5,10-11H2/b22-15+. The molecule has 4 rings (SSSR count). The number of hydrogen-bond acceptors (Lipinski definition) is 2. The smallest absolute Gasteiger partial charge is 0.0723 e. The summed E-state index contributed by atoms with van der Waals surface area (Å²) in [6.45, 7) is 0. The summed E-state index contributed by atoms with van der Waals surface area (Å²) >= 11 is 0. The van der Waals surface area contributed by atoms with Crippen LogP contribution in [0.4, 0.5) is 0 Å². The van der Waals surface area contributed by atoms with Crippen LogP contribution in [0.3, 0.4) is 0 Å². The second-order valence-electron chi connectivity index (χ2n) is 6.08. The molecule has 0 unspecified atom stereocenters. The Morgan fingerprint density at radius 1 is 0.957 bits per heavy atom. The summed E-state index contributed by atoms with van der Waals surface area (Å²) in [5, 5.41) is 3.63. The Kier molecular flexibility index (Phi) is 3.81. The highest BCUT2D eigenvalue weighted by Crippen LogP contribution is 2.34. The van der Waals surface area contributed by atoms with Crippen molar-refractivity contribution in [2.45, 2.75) is 25.7 Å². The van der Waals surface area contributed by atoms with Crippen molar-refractivity contribution >= 4 is 6.21 Å². The minimum absolute atomic E-state index is 1.01. The van der Waals surface area contributed by atoms with E-state index in [9.17, 15) is 0 Å². The van der Waals surface area contributed by atoms with Gasteiger partial charge in [0.05, 0.1) is 5.70 Å². The lowest BCUT2D eigenvalue weighted by atomic mass is 9.90. The minimum Gasteiger partial charge on any atom is -0.358 e. The van der Waals surface area contributed by atoms with Gasteiger partial charge in [0.25, 0.3) is 0 Å². The van der Waals surface area contributed by atoms with Crippen molar-refractivity contribution in [3.63, 3.8) is 0 Å². The molecule has 1 aromatic carbocycles. The fourth-order valence-electron chi connectivity index (χ4n) is 3.24. The van der Waals surface area contributed by atoms with Crippen LogP contribution in [0, 0.1) is 0 Å². The first kappa shape index (κ1) is 14.0. The zero-order valence-corrected chi connectivity index (χ0v) is 13.1. The van der Waals surface area contributed by atoms with Gasteiger partial charge in [-0.3, -0.25) is 4.99 Å². The second kappa shape index (κ2) is 6.25. The van der Waals surface area contributed by atoms with E-state index in [1.807, 2.05) is 24.4 Å². The highest BCUT2D eigenvalue weighted by Gasteiger charge is 2.21. The Labute approximate surface area is 137 Å². The van der Waals surface area contributed by atoms with Crippen molar-refractivity contribution in [1.82, 2.24) is 5.32 Å². The summed E-state index contributed by atoms with van der Waals surface area (Å²) in [6.07, 6.45) is 17.5. The average molecular weight is 300 g/mol. The van der Waals surface area contributed by atoms with E-state index in [-0.39, 0.29) is 0 Å². The molecule has 3 aliphatic rings. The molecule has 0 bridgehead atoms. The summed E-state index contributed by atoms with van der Waals surface area (Å²) in [4.78, 5) is 4.75. The average Bonchev–Trinajstić information content (AvgIpc) is 2.81. The number of allylic oxidation sites excluding steroid dienone is 7. The van der Waals surface area contributed by atoms with Crippen molar-refractivity contribution in [3.05, 3.63) is 94.5 Å². The number of benzene rings is 1. The van der Waals surface area contributed by atoms with Crippen molar-refractivity contribution in [3.8, 4) is 0 Å². The number of aliphatic imine (C=N–C) groups is 1. The lowest BCUT2D eigenvalue weighted by Crippen LogP contribution is -2.22. The van der Waals surface area contributed by atoms with Crippen molar-refractivity contribution in [2.75, 3.05) is 0 Å². The predicted octanol–water partition coefficient (Wildman–Crippen LogP) is 4.80. The maximum absolute atomic E-state index is 4.75. The van der Waals surface area contributed by atoms with Gasteiger partial charge in [-0.25, -0.2) is 0 Å². The maximum Gasteiger partial charge on any atom is 0.0723 e. The number of nitrogens with one attached hydrogen (secondary N) is 1. The van der Waals surface area contributed by atoms with Crippen LogP contribution in [0.25, 0.3) is 0 Å². The molecule has 0 saturated heterocycles. The van der Waals surface area contributed by atoms with Gasteiger partial charge >= 0.3 is 0 Å². The zero-order valence-electron chi connectivity index (χ0n) is 13.1. The lowest BCUT2D eigenvalue weighted by molar-refractivity contribution is 0.643. The molecular formula is C21H20N2. The molecule has 1 aliphatic heterocycles. The third kappa shape index (κ3) is 2.98. The molecule has 1 heterocycles. The SMILES string of the molecule is C1=CC=C2NC3=C(C=C2C(/N=C/c2ccccc2)=C1)CCCC3. The molecule has 0 saturated carbocycles. The molecule has 1 N–H and O–H groups in total. The molecule has 0 amide bonds. The van der Waals surface area contributed by atoms with Gasteiger partial charge in [0.1, 0.15) is 0 Å². The maximum atomic E-state index is 4.75. The van der Waals surface area contributed by atoms with Crippen LogP contribution in [0.15, 0.2) is 93.9 Å². The summed E-state index contributed by atoms with van der Waals surface area (Å²) < 4.78 is 0. The normalized spacial score (nSPS) is 20.1. The van der Waals surface area contributed by atoms with Crippen LogP contribution < -0.4 is 5.32 Å². The number of rotatable bonds is 2. The van der Waals surface area contributed by atoms with Gasteiger partial charge in [0, 0.05) is 23.2 Å². The molecular weight excluding hydrogens is 280 g/mol. The quantitative estimate of drug-likeness (QED) is 0.779. The van der Waals surface area contributed by atoms with Gasteiger partial charge in [0.15, 0.2) is 0 Å². The third-order valence-corrected chi connectivity index (χ3v) is 4.46. The van der Waals surface area contributed by atoms with E-state index < -0.39 is 0 Å². The van der Waals surface area contributed by atoms with Gasteiger partial charge < -0.3 is 5.32 Å². The summed E-state index contributed by atoms with van der Waals surface area (Å²) in [7, 11) is 0. The molecule has 0 spiro atoms. The van der Waals surface area contributed by atoms with Crippen LogP contribution in [-0.2, 0) is 0 Å². The Bertz CT molecular complexity index is 786. The highest BCUT2D eigenvalue weighted by molar-refractivity contribution is 5.81. The van der Waals surface area contributed by atoms with E-state index in [4.69, 9.17) is 4.99 Å². The Morgan fingerprint density at radius 2 is 1.78 bits per heavy atom. The van der Waals surface area contributed by atoms with Crippen LogP contribution in [0.5, 0.6) is 0 Å². The van der Waals surface area contributed by atoms with E-state index in [1.54, 1.807) is 0 Å². The van der Waals surface area contributed by atoms with Crippen LogP contribution in [0.1, 0.15) is 31.2 Å². The largest absolute Gasteiger partial charge is 0.358 e. The molecule has 0 aromatic heterocycles. The van der Waals surface area contributed by atoms with Crippen molar-refractivity contribution in [1.29, 1.82) is 0 Å². The summed E-state index contributed by atoms with van der Waals surface area (Å²) in [6, 6.07) is 10.2. The van der Waals surface area contributed by atoms with E-state index in [2.05, 4.69) is 47.8 Å². The molecule has 23 heavy (non-hydrogen) atoms. The van der Waals surface area contributed by atoms with Gasteiger partial charge in [0.2, 0.25) is 0 Å². The van der Waals surface area contributed by atoms with E-state index in [0.717, 1.165) is 23.4 Å². The van der Waals surface area contributed by atoms with Crippen LogP contribution >= 0.6 is 0 Å². The monoisotopic (exact) mass is 300 g/mol. The first-order chi connectivity index (χ1) is 11.4. The minimum atomic E-state index is 1.01. The van der Waals surface area contributed by atoms with Gasteiger partial charge in [-0.1, -0.05) is 42.5 Å². The van der Waals surface area contributed by atoms with Gasteiger partial charge in [-0.05, 0) is 55.0 Å². The Morgan fingerprint density at radius 3 is 2.70 bits per heavy atom. The Balaban J connectivity index is 1.69. The van der Waals surface area contributed by atoms with Gasteiger partial charge in [-0.15, -0.1) is 0 Å². The Hall–Kier alpha value is -2.61. The fraction of sp³-hybridized carbons (Fsp3) is 0.190. The molecule has 0 atom stereocenters. The number of dihydropyridines is 1. The molecule has 114 valence electrons. The molecule has 0 radical (unpaired) electrons. The van der Waals surface area contributed by atoms with Crippen molar-refractivity contribution < 1.29 is 0 Å². The fourth-order valence-corrected chi connectivity index (χ4v) is 3.24. The first-order valence-electron chi connectivity index (χ1n) is 8.29. The zero-order chi connectivity index (χ0) is 15.5. The number of hydrogen-bond donors (Lipinski definition) is 1. The van der Waals surface area contributed by atoms with Crippen LogP contribution in [0.2, 0.25) is 0 Å². The lowest BCUT2D eigenvalue weighted by Gasteiger charge is -2.27. The van der Waals surface area contributed by atoms with E-state index in [0.29, 0.717) is 0 Å². The number of fused-ring (bicyclic) bond motifs is 1. The molecule has 2 heteroatoms. The molecule has 1 aromatic rings. The summed E-state index contributed by atoms with van der Waals surface area (Å²) in [5.41, 5.74) is 7.34. The third-order valence-electron chi connectivity index (χ3n) is 4.46. The predicted molar refractivity (Wildman–Crippen MR) is 96.1 cm³/mol. The number of nitrogens with zero attached hydrogens (tertiary/aromatic N) is 1. The topological polar surface area (TPSA) is 24.4 Å². The van der Waals surface area contributed by atoms with Gasteiger partial charge in [-0.2, -0.15) is 0 Å². The highest BCUT2D eigenvalue weighted by atomic mass is 14.9. The second-order valence-corrected chi connectivity index (χ2v) is 6.08. The molecule has 2 aliphatic carbocycles. The first-order valence-corrected chi connectivity index (χ1v) is 8.29. The molecule has 2 nitrogen and oxygen atoms in total.